The van der Waals surface area contributed by atoms with Crippen LogP contribution in [0.5, 0.6) is 0 Å². The summed E-state index contributed by atoms with van der Waals surface area (Å²) in [6, 6.07) is 7.15. The van der Waals surface area contributed by atoms with Crippen LogP contribution >= 0.6 is 12.2 Å². The molecule has 6 nitrogen and oxygen atoms in total. The predicted octanol–water partition coefficient (Wildman–Crippen LogP) is 1.25. The van der Waals surface area contributed by atoms with Crippen LogP contribution < -0.4 is 10.2 Å². The zero-order valence-corrected chi connectivity index (χ0v) is 12.4. The Morgan fingerprint density at radius 1 is 1.43 bits per heavy atom. The first-order chi connectivity index (χ1) is 10.1. The molecule has 0 aliphatic carbocycles. The third kappa shape index (κ3) is 2.56. The van der Waals surface area contributed by atoms with Crippen molar-refractivity contribution >= 4 is 35.0 Å². The zero-order chi connectivity index (χ0) is 15.0. The first kappa shape index (κ1) is 13.8. The van der Waals surface area contributed by atoms with Gasteiger partial charge in [0.1, 0.15) is 12.6 Å². The maximum Gasteiger partial charge on any atom is 0.410 e. The topological polar surface area (TPSA) is 61.9 Å². The molecule has 7 heteroatoms. The number of ether oxygens (including phenoxy) is 1. The lowest BCUT2D eigenvalue weighted by atomic mass is 10.1. The maximum atomic E-state index is 12.1. The van der Waals surface area contributed by atoms with Crippen molar-refractivity contribution in [3.8, 4) is 0 Å². The summed E-state index contributed by atoms with van der Waals surface area (Å²) < 4.78 is 4.91. The van der Waals surface area contributed by atoms with Crippen LogP contribution in [0.1, 0.15) is 12.5 Å². The van der Waals surface area contributed by atoms with E-state index in [4.69, 9.17) is 17.0 Å². The van der Waals surface area contributed by atoms with Gasteiger partial charge < -0.3 is 15.0 Å². The van der Waals surface area contributed by atoms with E-state index in [0.29, 0.717) is 30.5 Å². The lowest BCUT2D eigenvalue weighted by Gasteiger charge is -2.17. The molecule has 0 unspecified atom stereocenters. The summed E-state index contributed by atoms with van der Waals surface area (Å²) in [6.45, 7) is 3.25. The summed E-state index contributed by atoms with van der Waals surface area (Å²) in [6.07, 6.45) is -0.302. The van der Waals surface area contributed by atoms with Crippen LogP contribution in [0.25, 0.3) is 0 Å². The van der Waals surface area contributed by atoms with E-state index in [1.807, 2.05) is 24.3 Å². The monoisotopic (exact) mass is 305 g/mol. The molecule has 1 N–H and O–H groups in total. The van der Waals surface area contributed by atoms with Crippen LogP contribution in [-0.4, -0.2) is 41.2 Å². The van der Waals surface area contributed by atoms with Crippen molar-refractivity contribution < 1.29 is 14.3 Å². The Morgan fingerprint density at radius 2 is 2.24 bits per heavy atom. The molecule has 2 aliphatic heterocycles. The molecule has 0 spiro atoms. The lowest BCUT2D eigenvalue weighted by molar-refractivity contribution is -0.117. The molecule has 21 heavy (non-hydrogen) atoms. The summed E-state index contributed by atoms with van der Waals surface area (Å²) in [4.78, 5) is 26.7. The van der Waals surface area contributed by atoms with E-state index in [-0.39, 0.29) is 18.0 Å². The van der Waals surface area contributed by atoms with Gasteiger partial charge in [0.2, 0.25) is 0 Å². The fourth-order valence-corrected chi connectivity index (χ4v) is 2.81. The highest BCUT2D eigenvalue weighted by Gasteiger charge is 2.33. The van der Waals surface area contributed by atoms with Crippen LogP contribution in [0.15, 0.2) is 24.3 Å². The van der Waals surface area contributed by atoms with Crippen LogP contribution in [0.4, 0.5) is 10.5 Å². The van der Waals surface area contributed by atoms with Crippen LogP contribution in [0.3, 0.4) is 0 Å². The fraction of sp³-hybridized carbons (Fsp3) is 0.357. The largest absolute Gasteiger partial charge is 0.448 e. The van der Waals surface area contributed by atoms with Gasteiger partial charge in [0, 0.05) is 6.54 Å². The molecule has 1 atom stereocenters. The minimum absolute atomic E-state index is 0.0715. The molecular weight excluding hydrogens is 290 g/mol. The van der Waals surface area contributed by atoms with E-state index in [1.54, 1.807) is 11.8 Å². The second-order valence-electron chi connectivity index (χ2n) is 5.05. The molecule has 1 aromatic rings. The summed E-state index contributed by atoms with van der Waals surface area (Å²) in [5.41, 5.74) is 1.65. The molecule has 2 fully saturated rings. The zero-order valence-electron chi connectivity index (χ0n) is 11.5. The molecule has 110 valence electrons. The Morgan fingerprint density at radius 3 is 2.86 bits per heavy atom. The molecule has 1 aromatic carbocycles. The van der Waals surface area contributed by atoms with Gasteiger partial charge in [0.05, 0.1) is 12.2 Å². The maximum absolute atomic E-state index is 12.1. The molecule has 0 radical (unpaired) electrons. The number of hydrogen-bond donors (Lipinski definition) is 1. The SMILES string of the molecule is C[C@H]1NC(=S)N(c2cccc(CN3CCOC3=O)c2)C1=O. The van der Waals surface area contributed by atoms with Gasteiger partial charge in [-0.05, 0) is 36.8 Å². The Hall–Kier alpha value is -2.15. The van der Waals surface area contributed by atoms with E-state index in [1.165, 1.54) is 4.90 Å². The van der Waals surface area contributed by atoms with Gasteiger partial charge in [-0.2, -0.15) is 0 Å². The average molecular weight is 305 g/mol. The number of anilines is 1. The Labute approximate surface area is 127 Å². The summed E-state index contributed by atoms with van der Waals surface area (Å²) >= 11 is 5.19. The first-order valence-corrected chi connectivity index (χ1v) is 7.12. The smallest absolute Gasteiger partial charge is 0.410 e. The van der Waals surface area contributed by atoms with Crippen LogP contribution in [0.2, 0.25) is 0 Å². The minimum Gasteiger partial charge on any atom is -0.448 e. The minimum atomic E-state index is -0.310. The Balaban J connectivity index is 1.81. The predicted molar refractivity (Wildman–Crippen MR) is 80.9 cm³/mol. The molecule has 3 rings (SSSR count). The molecule has 2 amide bonds. The number of amides is 2. The highest BCUT2D eigenvalue weighted by atomic mass is 32.1. The van der Waals surface area contributed by atoms with E-state index >= 15 is 0 Å². The quantitative estimate of drug-likeness (QED) is 0.852. The number of cyclic esters (lactones) is 1. The van der Waals surface area contributed by atoms with E-state index in [9.17, 15) is 9.59 Å². The number of rotatable bonds is 3. The van der Waals surface area contributed by atoms with Gasteiger partial charge in [-0.15, -0.1) is 0 Å². The Bertz CT molecular complexity index is 619. The standard InChI is InChI=1S/C14H15N3O3S/c1-9-12(18)17(13(21)15-9)11-4-2-3-10(7-11)8-16-5-6-20-14(16)19/h2-4,7,9H,5-6,8H2,1H3,(H,15,21)/t9-/m1/s1. The van der Waals surface area contributed by atoms with Crippen molar-refractivity contribution in [1.82, 2.24) is 10.2 Å². The van der Waals surface area contributed by atoms with Crippen LogP contribution in [-0.2, 0) is 16.1 Å². The van der Waals surface area contributed by atoms with Gasteiger partial charge in [0.25, 0.3) is 5.91 Å². The van der Waals surface area contributed by atoms with Gasteiger partial charge in [-0.3, -0.25) is 9.69 Å². The third-order valence-corrected chi connectivity index (χ3v) is 3.82. The molecule has 2 saturated heterocycles. The van der Waals surface area contributed by atoms with Crippen molar-refractivity contribution in [3.63, 3.8) is 0 Å². The van der Waals surface area contributed by atoms with E-state index in [2.05, 4.69) is 5.32 Å². The molecule has 2 aliphatic rings. The van der Waals surface area contributed by atoms with Crippen molar-refractivity contribution in [2.75, 3.05) is 18.1 Å². The Kier molecular flexibility index (Phi) is 3.50. The van der Waals surface area contributed by atoms with Crippen molar-refractivity contribution in [2.45, 2.75) is 19.5 Å². The highest BCUT2D eigenvalue weighted by molar-refractivity contribution is 7.80. The first-order valence-electron chi connectivity index (χ1n) is 6.71. The summed E-state index contributed by atoms with van der Waals surface area (Å²) in [5.74, 6) is -0.0715. The summed E-state index contributed by atoms with van der Waals surface area (Å²) in [5, 5.41) is 3.35. The van der Waals surface area contributed by atoms with Gasteiger partial charge in [-0.25, -0.2) is 4.79 Å². The number of carbonyl (C=O) groups excluding carboxylic acids is 2. The van der Waals surface area contributed by atoms with Crippen molar-refractivity contribution in [3.05, 3.63) is 29.8 Å². The van der Waals surface area contributed by atoms with E-state index < -0.39 is 0 Å². The van der Waals surface area contributed by atoms with Gasteiger partial charge in [0.15, 0.2) is 5.11 Å². The number of benzene rings is 1. The number of thiocarbonyl (C=S) groups is 1. The average Bonchev–Trinajstić information content (AvgIpc) is 2.95. The third-order valence-electron chi connectivity index (χ3n) is 3.52. The number of carbonyl (C=O) groups is 2. The second-order valence-corrected chi connectivity index (χ2v) is 5.44. The second kappa shape index (κ2) is 5.33. The number of nitrogens with zero attached hydrogens (tertiary/aromatic N) is 2. The molecular formula is C14H15N3O3S. The summed E-state index contributed by atoms with van der Waals surface area (Å²) in [7, 11) is 0. The number of nitrogens with one attached hydrogen (secondary N) is 1. The lowest BCUT2D eigenvalue weighted by Crippen LogP contribution is -2.31. The number of hydrogen-bond acceptors (Lipinski definition) is 4. The molecule has 0 aromatic heterocycles. The van der Waals surface area contributed by atoms with E-state index in [0.717, 1.165) is 5.56 Å². The fourth-order valence-electron chi connectivity index (χ4n) is 2.43. The van der Waals surface area contributed by atoms with Crippen molar-refractivity contribution in [2.24, 2.45) is 0 Å². The normalized spacial score (nSPS) is 21.8. The highest BCUT2D eigenvalue weighted by Crippen LogP contribution is 2.22. The molecule has 2 heterocycles. The van der Waals surface area contributed by atoms with Crippen LogP contribution in [0, 0.1) is 0 Å². The van der Waals surface area contributed by atoms with Crippen molar-refractivity contribution in [1.29, 1.82) is 0 Å². The molecule has 0 saturated carbocycles. The molecule has 0 bridgehead atoms. The van der Waals surface area contributed by atoms with Gasteiger partial charge >= 0.3 is 6.09 Å². The van der Waals surface area contributed by atoms with Gasteiger partial charge in [-0.1, -0.05) is 12.1 Å².